The second-order valence-corrected chi connectivity index (χ2v) is 5.43. The molecule has 1 heteroatoms. The van der Waals surface area contributed by atoms with Gasteiger partial charge in [-0.2, -0.15) is 0 Å². The average molecular weight is 220 g/mol. The molecule has 0 N–H and O–H groups in total. The molecule has 1 aliphatic rings. The van der Waals surface area contributed by atoms with Crippen molar-refractivity contribution >= 4 is 11.3 Å². The lowest BCUT2D eigenvalue weighted by Crippen LogP contribution is -1.92. The standard InChI is InChI=1S/C14H20S/c1-2-7-13(8-3-1)9-4-5-10-14-11-6-12-15-14/h6-7,11-12H,1-5,8-10H2. The Bertz CT molecular complexity index is 295. The van der Waals surface area contributed by atoms with Gasteiger partial charge in [0, 0.05) is 4.88 Å². The summed E-state index contributed by atoms with van der Waals surface area (Å²) in [5.74, 6) is 0. The Labute approximate surface area is 97.0 Å². The van der Waals surface area contributed by atoms with Crippen LogP contribution in [0.25, 0.3) is 0 Å². The molecule has 0 radical (unpaired) electrons. The molecule has 0 spiro atoms. The van der Waals surface area contributed by atoms with E-state index in [-0.39, 0.29) is 0 Å². The summed E-state index contributed by atoms with van der Waals surface area (Å²) in [7, 11) is 0. The second kappa shape index (κ2) is 6.12. The molecule has 1 aliphatic carbocycles. The van der Waals surface area contributed by atoms with E-state index in [0.29, 0.717) is 0 Å². The smallest absolute Gasteiger partial charge is 0.00452 e. The molecule has 0 bridgehead atoms. The Morgan fingerprint density at radius 3 is 2.80 bits per heavy atom. The van der Waals surface area contributed by atoms with E-state index in [1.165, 1.54) is 51.4 Å². The van der Waals surface area contributed by atoms with Gasteiger partial charge in [-0.1, -0.05) is 17.7 Å². The maximum atomic E-state index is 2.48. The summed E-state index contributed by atoms with van der Waals surface area (Å²) in [5, 5.41) is 2.18. The molecule has 1 aromatic rings. The van der Waals surface area contributed by atoms with Gasteiger partial charge in [0.25, 0.3) is 0 Å². The zero-order valence-corrected chi connectivity index (χ0v) is 10.2. The van der Waals surface area contributed by atoms with Gasteiger partial charge in [0.1, 0.15) is 0 Å². The topological polar surface area (TPSA) is 0 Å². The largest absolute Gasteiger partial charge is 0.149 e. The van der Waals surface area contributed by atoms with Crippen molar-refractivity contribution in [3.63, 3.8) is 0 Å². The molecule has 1 heterocycles. The number of allylic oxidation sites excluding steroid dienone is 2. The zero-order valence-electron chi connectivity index (χ0n) is 9.37. The van der Waals surface area contributed by atoms with Crippen molar-refractivity contribution in [3.8, 4) is 0 Å². The minimum Gasteiger partial charge on any atom is -0.149 e. The highest BCUT2D eigenvalue weighted by Crippen LogP contribution is 2.22. The molecule has 0 aromatic carbocycles. The Hall–Kier alpha value is -0.560. The van der Waals surface area contributed by atoms with Crippen molar-refractivity contribution in [2.24, 2.45) is 0 Å². The lowest BCUT2D eigenvalue weighted by molar-refractivity contribution is 0.645. The number of unbranched alkanes of at least 4 members (excludes halogenated alkanes) is 1. The molecule has 82 valence electrons. The highest BCUT2D eigenvalue weighted by atomic mass is 32.1. The Morgan fingerprint density at radius 1 is 1.13 bits per heavy atom. The van der Waals surface area contributed by atoms with Gasteiger partial charge in [0.05, 0.1) is 0 Å². The number of hydrogen-bond acceptors (Lipinski definition) is 1. The summed E-state index contributed by atoms with van der Waals surface area (Å²) in [6.07, 6.45) is 13.4. The monoisotopic (exact) mass is 220 g/mol. The number of rotatable bonds is 5. The molecular formula is C14H20S. The van der Waals surface area contributed by atoms with Crippen LogP contribution in [-0.4, -0.2) is 0 Å². The van der Waals surface area contributed by atoms with Crippen molar-refractivity contribution < 1.29 is 0 Å². The summed E-state index contributed by atoms with van der Waals surface area (Å²) in [4.78, 5) is 1.55. The number of thiophene rings is 1. The SMILES string of the molecule is C1=C(CCCCc2cccs2)CCCC1. The van der Waals surface area contributed by atoms with Gasteiger partial charge in [0.15, 0.2) is 0 Å². The summed E-state index contributed by atoms with van der Waals surface area (Å²) >= 11 is 1.89. The van der Waals surface area contributed by atoms with Gasteiger partial charge in [-0.3, -0.25) is 0 Å². The van der Waals surface area contributed by atoms with Gasteiger partial charge in [0.2, 0.25) is 0 Å². The third kappa shape index (κ3) is 3.83. The van der Waals surface area contributed by atoms with Crippen LogP contribution in [0.1, 0.15) is 49.8 Å². The lowest BCUT2D eigenvalue weighted by atomic mass is 9.95. The van der Waals surface area contributed by atoms with Gasteiger partial charge in [-0.15, -0.1) is 11.3 Å². The number of hydrogen-bond donors (Lipinski definition) is 0. The first-order chi connectivity index (χ1) is 7.45. The highest BCUT2D eigenvalue weighted by molar-refractivity contribution is 7.09. The molecule has 0 saturated heterocycles. The maximum absolute atomic E-state index is 2.48. The van der Waals surface area contributed by atoms with E-state index < -0.39 is 0 Å². The van der Waals surface area contributed by atoms with Crippen LogP contribution in [-0.2, 0) is 6.42 Å². The van der Waals surface area contributed by atoms with Crippen molar-refractivity contribution in [1.82, 2.24) is 0 Å². The summed E-state index contributed by atoms with van der Waals surface area (Å²) in [6, 6.07) is 4.41. The second-order valence-electron chi connectivity index (χ2n) is 4.39. The predicted molar refractivity (Wildman–Crippen MR) is 68.4 cm³/mol. The van der Waals surface area contributed by atoms with Crippen LogP contribution in [0.5, 0.6) is 0 Å². The minimum absolute atomic E-state index is 1.28. The van der Waals surface area contributed by atoms with E-state index in [1.54, 1.807) is 10.5 Å². The van der Waals surface area contributed by atoms with E-state index in [1.807, 2.05) is 11.3 Å². The average Bonchev–Trinajstić information content (AvgIpc) is 2.79. The fraction of sp³-hybridized carbons (Fsp3) is 0.571. The van der Waals surface area contributed by atoms with Crippen LogP contribution < -0.4 is 0 Å². The Kier molecular flexibility index (Phi) is 4.46. The Morgan fingerprint density at radius 2 is 2.07 bits per heavy atom. The first-order valence-corrected chi connectivity index (χ1v) is 7.03. The quantitative estimate of drug-likeness (QED) is 0.486. The van der Waals surface area contributed by atoms with Gasteiger partial charge in [-0.05, 0) is 62.8 Å². The third-order valence-electron chi connectivity index (χ3n) is 3.14. The maximum Gasteiger partial charge on any atom is 0.00452 e. The van der Waals surface area contributed by atoms with E-state index in [2.05, 4.69) is 23.6 Å². The molecular weight excluding hydrogens is 200 g/mol. The summed E-state index contributed by atoms with van der Waals surface area (Å²) in [5.41, 5.74) is 1.73. The van der Waals surface area contributed by atoms with Crippen molar-refractivity contribution in [3.05, 3.63) is 34.0 Å². The van der Waals surface area contributed by atoms with Crippen molar-refractivity contribution in [2.75, 3.05) is 0 Å². The number of aryl methyl sites for hydroxylation is 1. The molecule has 2 rings (SSSR count). The van der Waals surface area contributed by atoms with E-state index in [9.17, 15) is 0 Å². The first kappa shape index (κ1) is 10.9. The molecule has 1 aromatic heterocycles. The fourth-order valence-corrected chi connectivity index (χ4v) is 2.99. The minimum atomic E-state index is 1.28. The van der Waals surface area contributed by atoms with Crippen molar-refractivity contribution in [1.29, 1.82) is 0 Å². The third-order valence-corrected chi connectivity index (χ3v) is 4.07. The molecule has 0 amide bonds. The van der Waals surface area contributed by atoms with E-state index in [0.717, 1.165) is 0 Å². The molecule has 0 unspecified atom stereocenters. The van der Waals surface area contributed by atoms with Crippen LogP contribution >= 0.6 is 11.3 Å². The summed E-state index contributed by atoms with van der Waals surface area (Å²) < 4.78 is 0. The predicted octanol–water partition coefficient (Wildman–Crippen LogP) is 4.96. The first-order valence-electron chi connectivity index (χ1n) is 6.15. The van der Waals surface area contributed by atoms with Gasteiger partial charge in [-0.25, -0.2) is 0 Å². The fourth-order valence-electron chi connectivity index (χ4n) is 2.24. The normalized spacial score (nSPS) is 16.4. The molecule has 0 nitrogen and oxygen atoms in total. The summed E-state index contributed by atoms with van der Waals surface area (Å²) in [6.45, 7) is 0. The van der Waals surface area contributed by atoms with Crippen LogP contribution in [0.2, 0.25) is 0 Å². The molecule has 0 atom stereocenters. The van der Waals surface area contributed by atoms with Gasteiger partial charge >= 0.3 is 0 Å². The zero-order chi connectivity index (χ0) is 10.3. The highest BCUT2D eigenvalue weighted by Gasteiger charge is 2.03. The lowest BCUT2D eigenvalue weighted by Gasteiger charge is -2.11. The van der Waals surface area contributed by atoms with Crippen LogP contribution in [0, 0.1) is 0 Å². The van der Waals surface area contributed by atoms with Crippen LogP contribution in [0.3, 0.4) is 0 Å². The molecule has 0 aliphatic heterocycles. The van der Waals surface area contributed by atoms with Crippen molar-refractivity contribution in [2.45, 2.75) is 51.4 Å². The Balaban J connectivity index is 1.60. The molecule has 0 fully saturated rings. The molecule has 15 heavy (non-hydrogen) atoms. The van der Waals surface area contributed by atoms with E-state index in [4.69, 9.17) is 0 Å². The van der Waals surface area contributed by atoms with Crippen LogP contribution in [0.15, 0.2) is 29.2 Å². The molecule has 0 saturated carbocycles. The van der Waals surface area contributed by atoms with Crippen LogP contribution in [0.4, 0.5) is 0 Å². The van der Waals surface area contributed by atoms with Gasteiger partial charge < -0.3 is 0 Å². The van der Waals surface area contributed by atoms with E-state index >= 15 is 0 Å².